The van der Waals surface area contributed by atoms with Crippen molar-refractivity contribution in [2.75, 3.05) is 11.9 Å². The number of pyridine rings is 1. The Kier molecular flexibility index (Phi) is 5.38. The number of hydrogen-bond donors (Lipinski definition) is 3. The zero-order valence-corrected chi connectivity index (χ0v) is 13.4. The van der Waals surface area contributed by atoms with Crippen molar-refractivity contribution < 1.29 is 10.0 Å². The van der Waals surface area contributed by atoms with Crippen molar-refractivity contribution in [3.8, 4) is 0 Å². The van der Waals surface area contributed by atoms with Gasteiger partial charge in [-0.3, -0.25) is 14.4 Å². The minimum Gasteiger partial charge on any atom is -0.360 e. The van der Waals surface area contributed by atoms with Gasteiger partial charge in [-0.1, -0.05) is 33.3 Å². The fourth-order valence-electron chi connectivity index (χ4n) is 2.57. The molecule has 2 aromatic heterocycles. The van der Waals surface area contributed by atoms with Crippen LogP contribution in [-0.4, -0.2) is 27.0 Å². The third-order valence-electron chi connectivity index (χ3n) is 3.45. The van der Waals surface area contributed by atoms with Gasteiger partial charge in [-0.15, -0.1) is 0 Å². The molecular formula is C16H24N4O2. The number of carbonyl (C=O) groups is 1. The SMILES string of the molecule is CCCc1cccc2nc(CC(C)C)c(NCC(=O)NO)n12. The summed E-state index contributed by atoms with van der Waals surface area (Å²) in [6.45, 7) is 6.43. The van der Waals surface area contributed by atoms with Crippen molar-refractivity contribution in [1.29, 1.82) is 0 Å². The van der Waals surface area contributed by atoms with E-state index in [1.165, 1.54) is 0 Å². The van der Waals surface area contributed by atoms with Crippen LogP contribution in [0.1, 0.15) is 38.6 Å². The predicted molar refractivity (Wildman–Crippen MR) is 86.1 cm³/mol. The smallest absolute Gasteiger partial charge is 0.262 e. The summed E-state index contributed by atoms with van der Waals surface area (Å²) in [6.07, 6.45) is 2.80. The number of hydroxylamine groups is 1. The van der Waals surface area contributed by atoms with E-state index in [0.29, 0.717) is 5.92 Å². The van der Waals surface area contributed by atoms with E-state index in [9.17, 15) is 4.79 Å². The molecule has 3 N–H and O–H groups in total. The summed E-state index contributed by atoms with van der Waals surface area (Å²) in [4.78, 5) is 16.0. The Morgan fingerprint density at radius 2 is 2.18 bits per heavy atom. The fourth-order valence-corrected chi connectivity index (χ4v) is 2.57. The maximum absolute atomic E-state index is 11.3. The van der Waals surface area contributed by atoms with Gasteiger partial charge in [0.05, 0.1) is 12.2 Å². The van der Waals surface area contributed by atoms with Crippen molar-refractivity contribution in [3.05, 3.63) is 29.6 Å². The van der Waals surface area contributed by atoms with Gasteiger partial charge in [0.1, 0.15) is 11.5 Å². The van der Waals surface area contributed by atoms with Crippen molar-refractivity contribution in [3.63, 3.8) is 0 Å². The van der Waals surface area contributed by atoms with Crippen LogP contribution in [0.3, 0.4) is 0 Å². The Balaban J connectivity index is 2.47. The molecule has 22 heavy (non-hydrogen) atoms. The van der Waals surface area contributed by atoms with Crippen LogP contribution in [0.25, 0.3) is 5.65 Å². The molecule has 6 nitrogen and oxygen atoms in total. The number of hydrogen-bond acceptors (Lipinski definition) is 4. The first-order valence-corrected chi connectivity index (χ1v) is 7.72. The summed E-state index contributed by atoms with van der Waals surface area (Å²) in [6, 6.07) is 6.06. The number of anilines is 1. The Labute approximate surface area is 130 Å². The zero-order chi connectivity index (χ0) is 16.1. The molecule has 0 aliphatic heterocycles. The number of aryl methyl sites for hydroxylation is 1. The van der Waals surface area contributed by atoms with Gasteiger partial charge in [-0.2, -0.15) is 0 Å². The van der Waals surface area contributed by atoms with E-state index in [1.54, 1.807) is 5.48 Å². The van der Waals surface area contributed by atoms with Gasteiger partial charge in [0.25, 0.3) is 5.91 Å². The quantitative estimate of drug-likeness (QED) is 0.542. The third-order valence-corrected chi connectivity index (χ3v) is 3.45. The normalized spacial score (nSPS) is 11.1. The van der Waals surface area contributed by atoms with Crippen LogP contribution in [-0.2, 0) is 17.6 Å². The Morgan fingerprint density at radius 1 is 1.41 bits per heavy atom. The molecule has 0 saturated carbocycles. The second-order valence-corrected chi connectivity index (χ2v) is 5.85. The monoisotopic (exact) mass is 304 g/mol. The highest BCUT2D eigenvalue weighted by Crippen LogP contribution is 2.23. The Morgan fingerprint density at radius 3 is 2.82 bits per heavy atom. The first-order chi connectivity index (χ1) is 10.6. The summed E-state index contributed by atoms with van der Waals surface area (Å²) in [7, 11) is 0. The number of nitrogens with zero attached hydrogens (tertiary/aromatic N) is 2. The predicted octanol–water partition coefficient (Wildman–Crippen LogP) is 2.40. The average Bonchev–Trinajstić information content (AvgIpc) is 2.82. The number of amides is 1. The minimum absolute atomic E-state index is 0.00977. The number of fused-ring (bicyclic) bond motifs is 1. The molecule has 2 aromatic rings. The van der Waals surface area contributed by atoms with Crippen molar-refractivity contribution in [2.24, 2.45) is 5.92 Å². The molecule has 0 spiro atoms. The van der Waals surface area contributed by atoms with Gasteiger partial charge >= 0.3 is 0 Å². The first-order valence-electron chi connectivity index (χ1n) is 7.72. The van der Waals surface area contributed by atoms with Crippen molar-refractivity contribution in [1.82, 2.24) is 14.9 Å². The van der Waals surface area contributed by atoms with Gasteiger partial charge in [0, 0.05) is 5.69 Å². The van der Waals surface area contributed by atoms with Gasteiger partial charge in [0.2, 0.25) is 0 Å². The molecular weight excluding hydrogens is 280 g/mol. The number of aromatic nitrogens is 2. The van der Waals surface area contributed by atoms with Crippen LogP contribution in [0, 0.1) is 5.92 Å². The lowest BCUT2D eigenvalue weighted by molar-refractivity contribution is -0.127. The van der Waals surface area contributed by atoms with Crippen molar-refractivity contribution >= 4 is 17.4 Å². The van der Waals surface area contributed by atoms with E-state index in [2.05, 4.69) is 36.6 Å². The molecule has 0 aromatic carbocycles. The van der Waals surface area contributed by atoms with Gasteiger partial charge in [0.15, 0.2) is 0 Å². The molecule has 0 radical (unpaired) electrons. The lowest BCUT2D eigenvalue weighted by Crippen LogP contribution is -2.27. The molecule has 0 aliphatic carbocycles. The molecule has 1 amide bonds. The van der Waals surface area contributed by atoms with Gasteiger partial charge in [-0.05, 0) is 30.9 Å². The number of nitrogens with one attached hydrogen (secondary N) is 2. The fraction of sp³-hybridized carbons (Fsp3) is 0.500. The maximum atomic E-state index is 11.3. The van der Waals surface area contributed by atoms with Crippen LogP contribution >= 0.6 is 0 Å². The summed E-state index contributed by atoms with van der Waals surface area (Å²) in [5.41, 5.74) is 4.64. The first kappa shape index (κ1) is 16.3. The maximum Gasteiger partial charge on any atom is 0.262 e. The molecule has 2 rings (SSSR count). The lowest BCUT2D eigenvalue weighted by Gasteiger charge is -2.12. The Bertz CT molecular complexity index is 649. The molecule has 0 aliphatic rings. The second kappa shape index (κ2) is 7.26. The zero-order valence-electron chi connectivity index (χ0n) is 13.4. The van der Waals surface area contributed by atoms with Crippen LogP contribution in [0.15, 0.2) is 18.2 Å². The Hall–Kier alpha value is -2.08. The molecule has 120 valence electrons. The molecule has 0 atom stereocenters. The van der Waals surface area contributed by atoms with E-state index in [0.717, 1.165) is 42.1 Å². The van der Waals surface area contributed by atoms with E-state index in [1.807, 2.05) is 12.1 Å². The van der Waals surface area contributed by atoms with Crippen LogP contribution < -0.4 is 10.8 Å². The highest BCUT2D eigenvalue weighted by atomic mass is 16.5. The molecule has 0 fully saturated rings. The molecule has 0 unspecified atom stereocenters. The molecule has 0 saturated heterocycles. The molecule has 0 bridgehead atoms. The van der Waals surface area contributed by atoms with Crippen LogP contribution in [0.4, 0.5) is 5.82 Å². The summed E-state index contributed by atoms with van der Waals surface area (Å²) < 4.78 is 2.08. The van der Waals surface area contributed by atoms with E-state index in [-0.39, 0.29) is 6.54 Å². The minimum atomic E-state index is -0.474. The molecule has 2 heterocycles. The summed E-state index contributed by atoms with van der Waals surface area (Å²) in [5, 5.41) is 11.8. The standard InChI is InChI=1S/C16H24N4O2/c1-4-6-12-7-5-8-14-18-13(9-11(2)3)16(20(12)14)17-10-15(21)19-22/h5,7-8,11,17,22H,4,6,9-10H2,1-3H3,(H,19,21). The number of imidazole rings is 1. The molecule has 6 heteroatoms. The third kappa shape index (κ3) is 3.57. The largest absolute Gasteiger partial charge is 0.360 e. The summed E-state index contributed by atoms with van der Waals surface area (Å²) in [5.74, 6) is 0.835. The van der Waals surface area contributed by atoms with Gasteiger partial charge < -0.3 is 5.32 Å². The highest BCUT2D eigenvalue weighted by Gasteiger charge is 2.16. The van der Waals surface area contributed by atoms with Crippen LogP contribution in [0.5, 0.6) is 0 Å². The second-order valence-electron chi connectivity index (χ2n) is 5.85. The number of rotatable bonds is 7. The average molecular weight is 304 g/mol. The van der Waals surface area contributed by atoms with E-state index >= 15 is 0 Å². The van der Waals surface area contributed by atoms with Crippen molar-refractivity contribution in [2.45, 2.75) is 40.0 Å². The lowest BCUT2D eigenvalue weighted by atomic mass is 10.1. The van der Waals surface area contributed by atoms with E-state index < -0.39 is 5.91 Å². The van der Waals surface area contributed by atoms with E-state index in [4.69, 9.17) is 10.2 Å². The van der Waals surface area contributed by atoms with Gasteiger partial charge in [-0.25, -0.2) is 10.5 Å². The van der Waals surface area contributed by atoms with Crippen LogP contribution in [0.2, 0.25) is 0 Å². The topological polar surface area (TPSA) is 78.7 Å². The summed E-state index contributed by atoms with van der Waals surface area (Å²) >= 11 is 0. The number of carbonyl (C=O) groups excluding carboxylic acids is 1. The highest BCUT2D eigenvalue weighted by molar-refractivity contribution is 5.79.